The number of furan rings is 1. The third kappa shape index (κ3) is 4.40. The summed E-state index contributed by atoms with van der Waals surface area (Å²) >= 11 is 0. The van der Waals surface area contributed by atoms with E-state index in [0.717, 1.165) is 5.39 Å². The minimum absolute atomic E-state index is 0.0854. The lowest BCUT2D eigenvalue weighted by Crippen LogP contribution is -2.47. The Morgan fingerprint density at radius 1 is 1.30 bits per heavy atom. The highest BCUT2D eigenvalue weighted by atomic mass is 19.1. The van der Waals surface area contributed by atoms with E-state index in [1.807, 2.05) is 0 Å². The number of halogens is 1. The van der Waals surface area contributed by atoms with Crippen molar-refractivity contribution in [2.75, 3.05) is 13.1 Å². The Kier molecular flexibility index (Phi) is 4.88. The summed E-state index contributed by atoms with van der Waals surface area (Å²) in [6.07, 6.45) is 0.0688. The third-order valence-corrected chi connectivity index (χ3v) is 4.66. The van der Waals surface area contributed by atoms with Gasteiger partial charge in [0.05, 0.1) is 5.56 Å². The molecule has 1 aliphatic rings. The summed E-state index contributed by atoms with van der Waals surface area (Å²) in [5.41, 5.74) is 3.98. The van der Waals surface area contributed by atoms with E-state index in [-0.39, 0.29) is 37.9 Å². The number of nitrogens with zero attached hydrogens (tertiary/aromatic N) is 1. The molecule has 0 atom stereocenters. The van der Waals surface area contributed by atoms with Gasteiger partial charge in [0, 0.05) is 24.9 Å². The molecule has 7 heteroatoms. The first-order valence-electron chi connectivity index (χ1n) is 9.04. The van der Waals surface area contributed by atoms with Gasteiger partial charge >= 0.3 is 6.09 Å². The number of alkyl halides is 1. The molecule has 0 spiro atoms. The molecule has 1 fully saturated rings. The number of benzene rings is 1. The quantitative estimate of drug-likeness (QED) is 0.882. The second-order valence-electron chi connectivity index (χ2n) is 8.10. The monoisotopic (exact) mass is 376 g/mol. The number of piperidine rings is 1. The molecule has 0 radical (unpaired) electrons. The number of carbonyl (C=O) groups is 2. The van der Waals surface area contributed by atoms with Gasteiger partial charge < -0.3 is 19.8 Å². The van der Waals surface area contributed by atoms with Gasteiger partial charge in [-0.25, -0.2) is 9.18 Å². The molecule has 0 saturated carbocycles. The number of hydrogen-bond acceptors (Lipinski definition) is 4. The zero-order valence-electron chi connectivity index (χ0n) is 15.9. The van der Waals surface area contributed by atoms with Crippen LogP contribution >= 0.6 is 0 Å². The number of para-hydroxylation sites is 1. The van der Waals surface area contributed by atoms with Crippen LogP contribution in [0.1, 0.15) is 49.7 Å². The van der Waals surface area contributed by atoms with Crippen molar-refractivity contribution in [2.45, 2.75) is 51.3 Å². The van der Waals surface area contributed by atoms with E-state index in [1.165, 1.54) is 4.90 Å². The van der Waals surface area contributed by atoms with Gasteiger partial charge in [-0.15, -0.1) is 0 Å². The fourth-order valence-corrected chi connectivity index (χ4v) is 3.30. The number of amides is 2. The number of primary amides is 1. The Labute approximate surface area is 157 Å². The van der Waals surface area contributed by atoms with Crippen LogP contribution in [-0.4, -0.2) is 41.3 Å². The largest absolute Gasteiger partial charge is 0.460 e. The van der Waals surface area contributed by atoms with Gasteiger partial charge in [-0.3, -0.25) is 4.79 Å². The molecule has 0 bridgehead atoms. The molecular formula is C20H25FN2O4. The van der Waals surface area contributed by atoms with Crippen molar-refractivity contribution in [2.24, 2.45) is 5.73 Å². The van der Waals surface area contributed by atoms with Gasteiger partial charge in [0.25, 0.3) is 5.91 Å². The number of hydrogen-bond donors (Lipinski definition) is 1. The molecule has 1 aliphatic heterocycles. The molecule has 2 amide bonds. The van der Waals surface area contributed by atoms with E-state index in [0.29, 0.717) is 11.3 Å². The first kappa shape index (κ1) is 19.2. The maximum atomic E-state index is 15.3. The van der Waals surface area contributed by atoms with Crippen molar-refractivity contribution in [3.8, 4) is 0 Å². The lowest BCUT2D eigenvalue weighted by Gasteiger charge is -2.36. The van der Waals surface area contributed by atoms with Crippen molar-refractivity contribution in [1.82, 2.24) is 4.90 Å². The van der Waals surface area contributed by atoms with Crippen LogP contribution in [0.5, 0.6) is 0 Å². The molecule has 1 saturated heterocycles. The molecule has 2 heterocycles. The Morgan fingerprint density at radius 3 is 2.56 bits per heavy atom. The zero-order valence-corrected chi connectivity index (χ0v) is 15.9. The van der Waals surface area contributed by atoms with Crippen LogP contribution in [0.15, 0.2) is 28.7 Å². The average molecular weight is 376 g/mol. The van der Waals surface area contributed by atoms with Crippen molar-refractivity contribution in [1.29, 1.82) is 0 Å². The highest BCUT2D eigenvalue weighted by molar-refractivity contribution is 6.04. The molecule has 27 heavy (non-hydrogen) atoms. The van der Waals surface area contributed by atoms with Crippen LogP contribution in [0.2, 0.25) is 0 Å². The summed E-state index contributed by atoms with van der Waals surface area (Å²) in [5.74, 6) is -0.117. The number of rotatable bonds is 3. The number of fused-ring (bicyclic) bond motifs is 1. The van der Waals surface area contributed by atoms with Gasteiger partial charge in [-0.2, -0.15) is 0 Å². The summed E-state index contributed by atoms with van der Waals surface area (Å²) in [4.78, 5) is 25.2. The Morgan fingerprint density at radius 2 is 1.96 bits per heavy atom. The van der Waals surface area contributed by atoms with Crippen LogP contribution in [0, 0.1) is 0 Å². The van der Waals surface area contributed by atoms with Crippen LogP contribution in [0.25, 0.3) is 11.0 Å². The number of ether oxygens (including phenoxy) is 1. The van der Waals surface area contributed by atoms with Gasteiger partial charge in [0.1, 0.15) is 22.6 Å². The smallest absolute Gasteiger partial charge is 0.410 e. The number of nitrogens with two attached hydrogens (primary N) is 1. The molecule has 0 aliphatic carbocycles. The van der Waals surface area contributed by atoms with Crippen LogP contribution in [0.4, 0.5) is 9.18 Å². The standard InChI is InChI=1S/C20H25FN2O4/c1-19(2,3)27-18(25)23-9-7-20(21,8-10-23)12-14-11-13-5-4-6-15(17(22)24)16(13)26-14/h4-6,11H,7-10,12H2,1-3H3,(H2,22,24). The Balaban J connectivity index is 1.68. The Bertz CT molecular complexity index is 860. The number of likely N-dealkylation sites (tertiary alicyclic amines) is 1. The van der Waals surface area contributed by atoms with E-state index in [9.17, 15) is 9.59 Å². The summed E-state index contributed by atoms with van der Waals surface area (Å²) in [5, 5.41) is 0.719. The summed E-state index contributed by atoms with van der Waals surface area (Å²) in [7, 11) is 0. The van der Waals surface area contributed by atoms with Gasteiger partial charge in [-0.1, -0.05) is 12.1 Å². The molecule has 2 N–H and O–H groups in total. The van der Waals surface area contributed by atoms with E-state index in [2.05, 4.69) is 0 Å². The summed E-state index contributed by atoms with van der Waals surface area (Å²) < 4.78 is 26.4. The topological polar surface area (TPSA) is 85.8 Å². The molecular weight excluding hydrogens is 351 g/mol. The third-order valence-electron chi connectivity index (χ3n) is 4.66. The van der Waals surface area contributed by atoms with E-state index >= 15 is 4.39 Å². The normalized spacial score (nSPS) is 17.1. The van der Waals surface area contributed by atoms with E-state index in [4.69, 9.17) is 14.9 Å². The van der Waals surface area contributed by atoms with E-state index in [1.54, 1.807) is 45.0 Å². The highest BCUT2D eigenvalue weighted by Crippen LogP contribution is 2.33. The van der Waals surface area contributed by atoms with Crippen LogP contribution in [-0.2, 0) is 11.2 Å². The molecule has 3 rings (SSSR count). The molecule has 146 valence electrons. The van der Waals surface area contributed by atoms with Gasteiger partial charge in [0.15, 0.2) is 0 Å². The number of carbonyl (C=O) groups excluding carboxylic acids is 2. The lowest BCUT2D eigenvalue weighted by atomic mass is 9.89. The van der Waals surface area contributed by atoms with Crippen LogP contribution < -0.4 is 5.73 Å². The average Bonchev–Trinajstić information content (AvgIpc) is 2.94. The molecule has 1 aromatic heterocycles. The first-order valence-corrected chi connectivity index (χ1v) is 9.04. The predicted molar refractivity (Wildman–Crippen MR) is 99.3 cm³/mol. The summed E-state index contributed by atoms with van der Waals surface area (Å²) in [6.45, 7) is 5.99. The van der Waals surface area contributed by atoms with E-state index < -0.39 is 23.3 Å². The molecule has 1 aromatic carbocycles. The van der Waals surface area contributed by atoms with Crippen molar-refractivity contribution in [3.05, 3.63) is 35.6 Å². The van der Waals surface area contributed by atoms with Crippen molar-refractivity contribution in [3.63, 3.8) is 0 Å². The maximum absolute atomic E-state index is 15.3. The molecule has 6 nitrogen and oxygen atoms in total. The van der Waals surface area contributed by atoms with Crippen molar-refractivity contribution >= 4 is 23.0 Å². The molecule has 2 aromatic rings. The molecule has 0 unspecified atom stereocenters. The SMILES string of the molecule is CC(C)(C)OC(=O)N1CCC(F)(Cc2cc3cccc(C(N)=O)c3o2)CC1. The van der Waals surface area contributed by atoms with Gasteiger partial charge in [0.2, 0.25) is 0 Å². The minimum Gasteiger partial charge on any atom is -0.460 e. The second kappa shape index (κ2) is 6.87. The maximum Gasteiger partial charge on any atom is 0.410 e. The highest BCUT2D eigenvalue weighted by Gasteiger charge is 2.38. The van der Waals surface area contributed by atoms with Crippen LogP contribution in [0.3, 0.4) is 0 Å². The predicted octanol–water partition coefficient (Wildman–Crippen LogP) is 3.81. The zero-order chi connectivity index (χ0) is 19.8. The first-order chi connectivity index (χ1) is 12.6. The minimum atomic E-state index is -1.47. The fraction of sp³-hybridized carbons (Fsp3) is 0.500. The Hall–Kier alpha value is -2.57. The van der Waals surface area contributed by atoms with Crippen molar-refractivity contribution < 1.29 is 23.1 Å². The lowest BCUT2D eigenvalue weighted by molar-refractivity contribution is 0.00258. The fourth-order valence-electron chi connectivity index (χ4n) is 3.30. The summed E-state index contributed by atoms with van der Waals surface area (Å²) in [6, 6.07) is 6.84. The van der Waals surface area contributed by atoms with Gasteiger partial charge in [-0.05, 0) is 45.7 Å². The second-order valence-corrected chi connectivity index (χ2v) is 8.10.